The second-order valence-electron chi connectivity index (χ2n) is 18.0. The molecule has 5 aromatic carbocycles. The zero-order valence-corrected chi connectivity index (χ0v) is 39.1. The number of imide groups is 1. The van der Waals surface area contributed by atoms with E-state index in [-0.39, 0.29) is 45.0 Å². The van der Waals surface area contributed by atoms with E-state index < -0.39 is 65.4 Å². The molecule has 0 aliphatic carbocycles. The van der Waals surface area contributed by atoms with Crippen LogP contribution in [0.5, 0.6) is 5.75 Å². The SMILES string of the molecule is CC(NC(=O)N1C(=O)C2(c3cc(C#CCCO)ccc31)C(C(=O)N1CCN(c3ncccn3)CC1)C1C(=O)OC(c3ccccc3)C(c3ccccc3)N1C2c1ccc(OCCO)cc1)c1ccccc1. The van der Waals surface area contributed by atoms with Gasteiger partial charge in [-0.2, -0.15) is 0 Å². The first-order valence-corrected chi connectivity index (χ1v) is 23.9. The van der Waals surface area contributed by atoms with Crippen LogP contribution in [0, 0.1) is 17.8 Å². The molecule has 71 heavy (non-hydrogen) atoms. The average molecular weight is 952 g/mol. The third-order valence-electron chi connectivity index (χ3n) is 14.0. The molecule has 3 N–H and O–H groups in total. The van der Waals surface area contributed by atoms with Gasteiger partial charge >= 0.3 is 12.0 Å². The Balaban J connectivity index is 1.23. The highest BCUT2D eigenvalue weighted by molar-refractivity contribution is 6.24. The number of fused-ring (bicyclic) bond motifs is 3. The highest BCUT2D eigenvalue weighted by Crippen LogP contribution is 2.66. The number of hydrogen-bond acceptors (Lipinski definition) is 12. The number of cyclic esters (lactones) is 1. The van der Waals surface area contributed by atoms with E-state index in [4.69, 9.17) is 9.47 Å². The largest absolute Gasteiger partial charge is 0.491 e. The number of piperazine rings is 1. The van der Waals surface area contributed by atoms with Crippen molar-refractivity contribution >= 4 is 35.5 Å². The lowest BCUT2D eigenvalue weighted by molar-refractivity contribution is -0.179. The molecule has 0 saturated carbocycles. The van der Waals surface area contributed by atoms with Crippen LogP contribution in [-0.2, 0) is 24.5 Å². The summed E-state index contributed by atoms with van der Waals surface area (Å²) in [6.07, 6.45) is 2.60. The van der Waals surface area contributed by atoms with Crippen molar-refractivity contribution in [3.63, 3.8) is 0 Å². The number of aromatic nitrogens is 2. The first-order chi connectivity index (χ1) is 34.7. The minimum atomic E-state index is -2.00. The van der Waals surface area contributed by atoms with Crippen LogP contribution in [0.15, 0.2) is 152 Å². The predicted octanol–water partition coefficient (Wildman–Crippen LogP) is 6.07. The number of anilines is 2. The summed E-state index contributed by atoms with van der Waals surface area (Å²) in [7, 11) is 0. The van der Waals surface area contributed by atoms with Gasteiger partial charge < -0.3 is 34.8 Å². The molecule has 4 amide bonds. The quantitative estimate of drug-likeness (QED) is 0.101. The zero-order valence-electron chi connectivity index (χ0n) is 39.1. The molecule has 0 bridgehead atoms. The number of rotatable bonds is 11. The standard InChI is InChI=1S/C56H53N7O8/c1-37(39-15-5-2-6-16-39)59-55(69)62-45-26-21-38(14-11-12-33-64)36-44(45)56(53(62)68)46(51(66)60-29-31-61(32-30-60)54-57-27-13-28-58-54)48-52(67)71-49(41-19-9-4-10-20-41)47(40-17-7-3-8-18-40)63(48)50(56)42-22-24-43(25-23-42)70-35-34-65/h2-10,13,15-28,36-37,46-50,64-65H,12,29-35H2,1H3,(H,59,69). The minimum absolute atomic E-state index is 0.0409. The maximum absolute atomic E-state index is 16.8. The van der Waals surface area contributed by atoms with Crippen LogP contribution in [0.3, 0.4) is 0 Å². The molecule has 15 heteroatoms. The van der Waals surface area contributed by atoms with E-state index in [1.807, 2.05) is 120 Å². The predicted molar refractivity (Wildman–Crippen MR) is 264 cm³/mol. The maximum atomic E-state index is 16.8. The van der Waals surface area contributed by atoms with Crippen LogP contribution < -0.4 is 19.9 Å². The van der Waals surface area contributed by atoms with Gasteiger partial charge in [-0.05, 0) is 71.1 Å². The fourth-order valence-corrected chi connectivity index (χ4v) is 10.9. The topological polar surface area (TPSA) is 178 Å². The number of benzene rings is 5. The van der Waals surface area contributed by atoms with Crippen LogP contribution in [0.4, 0.5) is 16.4 Å². The van der Waals surface area contributed by atoms with Gasteiger partial charge in [-0.1, -0.05) is 115 Å². The Morgan fingerprint density at radius 1 is 0.789 bits per heavy atom. The number of nitrogens with one attached hydrogen (secondary N) is 1. The first kappa shape index (κ1) is 46.8. The number of aliphatic hydroxyl groups excluding tert-OH is 2. The Morgan fingerprint density at radius 2 is 1.45 bits per heavy atom. The molecule has 0 radical (unpaired) electrons. The number of aliphatic hydroxyl groups is 2. The molecule has 4 aliphatic heterocycles. The molecule has 7 atom stereocenters. The number of carbonyl (C=O) groups is 4. The average Bonchev–Trinajstić information content (AvgIpc) is 3.87. The van der Waals surface area contributed by atoms with Crippen LogP contribution in [-0.4, -0.2) is 106 Å². The van der Waals surface area contributed by atoms with Gasteiger partial charge in [0.1, 0.15) is 29.9 Å². The number of nitrogens with zero attached hydrogens (tertiary/aromatic N) is 6. The second-order valence-corrected chi connectivity index (χ2v) is 18.0. The van der Waals surface area contributed by atoms with Crippen LogP contribution in [0.25, 0.3) is 0 Å². The van der Waals surface area contributed by atoms with Crippen molar-refractivity contribution in [2.75, 3.05) is 55.8 Å². The van der Waals surface area contributed by atoms with Crippen molar-refractivity contribution in [2.24, 2.45) is 5.92 Å². The summed E-state index contributed by atoms with van der Waals surface area (Å²) in [4.78, 5) is 79.5. The van der Waals surface area contributed by atoms with Gasteiger partial charge in [-0.15, -0.1) is 0 Å². The Kier molecular flexibility index (Phi) is 13.3. The Morgan fingerprint density at radius 3 is 2.11 bits per heavy atom. The molecule has 7 unspecified atom stereocenters. The van der Waals surface area contributed by atoms with Crippen molar-refractivity contribution in [3.8, 4) is 17.6 Å². The van der Waals surface area contributed by atoms with Gasteiger partial charge in [-0.25, -0.2) is 19.7 Å². The minimum Gasteiger partial charge on any atom is -0.491 e. The maximum Gasteiger partial charge on any atom is 0.329 e. The fraction of sp³-hybridized carbons (Fsp3) is 0.286. The fourth-order valence-electron chi connectivity index (χ4n) is 10.9. The number of amides is 4. The highest BCUT2D eigenvalue weighted by Gasteiger charge is 2.76. The molecule has 4 aliphatic rings. The van der Waals surface area contributed by atoms with E-state index in [2.05, 4.69) is 27.1 Å². The normalized spacial score (nSPS) is 23.0. The van der Waals surface area contributed by atoms with Crippen molar-refractivity contribution < 1.29 is 38.9 Å². The van der Waals surface area contributed by atoms with Gasteiger partial charge in [0.2, 0.25) is 17.8 Å². The van der Waals surface area contributed by atoms with Crippen molar-refractivity contribution in [1.29, 1.82) is 0 Å². The van der Waals surface area contributed by atoms with Crippen molar-refractivity contribution in [2.45, 2.75) is 49.0 Å². The Labute approximate surface area is 411 Å². The molecule has 15 nitrogen and oxygen atoms in total. The van der Waals surface area contributed by atoms with E-state index >= 15 is 19.2 Å². The summed E-state index contributed by atoms with van der Waals surface area (Å²) in [5.41, 5.74) is 1.91. The third kappa shape index (κ3) is 8.54. The third-order valence-corrected chi connectivity index (χ3v) is 14.0. The smallest absolute Gasteiger partial charge is 0.329 e. The lowest BCUT2D eigenvalue weighted by atomic mass is 9.64. The van der Waals surface area contributed by atoms with Gasteiger partial charge in [0.05, 0.1) is 42.9 Å². The number of esters is 1. The zero-order chi connectivity index (χ0) is 49.1. The summed E-state index contributed by atoms with van der Waals surface area (Å²) in [6, 6.07) is 37.9. The van der Waals surface area contributed by atoms with Crippen molar-refractivity contribution in [1.82, 2.24) is 25.1 Å². The first-order valence-electron chi connectivity index (χ1n) is 23.9. The number of hydrogen-bond donors (Lipinski definition) is 3. The van der Waals surface area contributed by atoms with E-state index in [0.717, 1.165) is 16.0 Å². The van der Waals surface area contributed by atoms with Crippen LogP contribution in [0.2, 0.25) is 0 Å². The molecule has 1 spiro atoms. The lowest BCUT2D eigenvalue weighted by Crippen LogP contribution is -2.59. The Hall–Kier alpha value is -7.90. The summed E-state index contributed by atoms with van der Waals surface area (Å²) in [6.45, 7) is 2.67. The highest BCUT2D eigenvalue weighted by atomic mass is 16.6. The monoisotopic (exact) mass is 951 g/mol. The molecule has 360 valence electrons. The van der Waals surface area contributed by atoms with Crippen molar-refractivity contribution in [3.05, 3.63) is 185 Å². The second kappa shape index (κ2) is 20.2. The number of carbonyl (C=O) groups excluding carboxylic acids is 4. The van der Waals surface area contributed by atoms with E-state index in [9.17, 15) is 10.2 Å². The number of urea groups is 1. The van der Waals surface area contributed by atoms with Gasteiger partial charge in [0, 0.05) is 50.6 Å². The van der Waals surface area contributed by atoms with Crippen LogP contribution in [0.1, 0.15) is 71.0 Å². The van der Waals surface area contributed by atoms with E-state index in [0.29, 0.717) is 47.0 Å². The van der Waals surface area contributed by atoms with E-state index in [1.54, 1.807) is 53.7 Å². The van der Waals surface area contributed by atoms with Crippen LogP contribution >= 0.6 is 0 Å². The summed E-state index contributed by atoms with van der Waals surface area (Å²) in [5, 5.41) is 22.4. The van der Waals surface area contributed by atoms with Gasteiger partial charge in [-0.3, -0.25) is 19.3 Å². The molecule has 3 fully saturated rings. The molecular formula is C56H53N7O8. The van der Waals surface area contributed by atoms with Gasteiger partial charge in [0.15, 0.2) is 0 Å². The molecule has 5 heterocycles. The molecule has 1 aromatic heterocycles. The summed E-state index contributed by atoms with van der Waals surface area (Å²) < 4.78 is 12.5. The molecule has 6 aromatic rings. The summed E-state index contributed by atoms with van der Waals surface area (Å²) >= 11 is 0. The number of morpholine rings is 1. The van der Waals surface area contributed by atoms with E-state index in [1.165, 1.54) is 0 Å². The Bertz CT molecular complexity index is 2950. The molecule has 10 rings (SSSR count). The lowest BCUT2D eigenvalue weighted by Gasteiger charge is -2.46. The molecule has 3 saturated heterocycles. The number of ether oxygens (including phenoxy) is 2. The van der Waals surface area contributed by atoms with Gasteiger partial charge in [0.25, 0.3) is 0 Å². The summed E-state index contributed by atoms with van der Waals surface area (Å²) in [5.74, 6) is 3.80. The molecular weight excluding hydrogens is 899 g/mol.